The van der Waals surface area contributed by atoms with Crippen LogP contribution >= 0.6 is 11.8 Å². The molecule has 1 amide bonds. The number of hydrogen-bond acceptors (Lipinski definition) is 6. The third-order valence-corrected chi connectivity index (χ3v) is 5.64. The third kappa shape index (κ3) is 4.89. The van der Waals surface area contributed by atoms with E-state index in [1.165, 1.54) is 18.0 Å². The molecule has 0 unspecified atom stereocenters. The molecule has 0 atom stereocenters. The van der Waals surface area contributed by atoms with Crippen molar-refractivity contribution < 1.29 is 9.90 Å². The summed E-state index contributed by atoms with van der Waals surface area (Å²) in [6.07, 6.45) is 1.44. The van der Waals surface area contributed by atoms with Gasteiger partial charge in [-0.05, 0) is 38.1 Å². The molecule has 2 N–H and O–H groups in total. The Morgan fingerprint density at radius 3 is 2.72 bits per heavy atom. The maximum Gasteiger partial charge on any atom is 0.250 e. The van der Waals surface area contributed by atoms with Gasteiger partial charge < -0.3 is 14.6 Å². The Hall–Kier alpha value is -3.00. The number of nitrogens with one attached hydrogen (secondary N) is 1. The molecule has 0 spiro atoms. The molecule has 0 bridgehead atoms. The fourth-order valence-corrected chi connectivity index (χ4v) is 3.80. The van der Waals surface area contributed by atoms with E-state index in [4.69, 9.17) is 0 Å². The first-order valence-corrected chi connectivity index (χ1v) is 10.5. The molecule has 8 heteroatoms. The van der Waals surface area contributed by atoms with E-state index in [9.17, 15) is 9.90 Å². The van der Waals surface area contributed by atoms with Crippen molar-refractivity contribution in [1.29, 1.82) is 0 Å². The van der Waals surface area contributed by atoms with Crippen molar-refractivity contribution in [3.8, 4) is 5.75 Å². The van der Waals surface area contributed by atoms with Crippen LogP contribution in [0.2, 0.25) is 0 Å². The number of hydrazone groups is 1. The SMILES string of the molecule is CCN(CC)c1ccc(/C=N\NC(=O)CSc2nc3ccccc3n2C)c(O)c1. The van der Waals surface area contributed by atoms with Crippen LogP contribution in [-0.2, 0) is 11.8 Å². The number of phenolic OH excluding ortho intramolecular Hbond substituents is 1. The van der Waals surface area contributed by atoms with Gasteiger partial charge in [-0.1, -0.05) is 23.9 Å². The van der Waals surface area contributed by atoms with Crippen LogP contribution in [0.15, 0.2) is 52.7 Å². The number of carbonyl (C=O) groups is 1. The van der Waals surface area contributed by atoms with E-state index in [1.54, 1.807) is 12.1 Å². The van der Waals surface area contributed by atoms with Gasteiger partial charge >= 0.3 is 0 Å². The number of benzene rings is 2. The normalized spacial score (nSPS) is 11.3. The highest BCUT2D eigenvalue weighted by molar-refractivity contribution is 7.99. The zero-order chi connectivity index (χ0) is 20.8. The van der Waals surface area contributed by atoms with Crippen molar-refractivity contribution >= 4 is 40.6 Å². The molecule has 1 heterocycles. The van der Waals surface area contributed by atoms with Crippen molar-refractivity contribution in [2.45, 2.75) is 19.0 Å². The maximum atomic E-state index is 12.1. The second-order valence-corrected chi connectivity index (χ2v) is 7.38. The smallest absolute Gasteiger partial charge is 0.250 e. The molecule has 0 radical (unpaired) electrons. The van der Waals surface area contributed by atoms with Gasteiger partial charge in [0.05, 0.1) is 23.0 Å². The van der Waals surface area contributed by atoms with Crippen LogP contribution in [0.4, 0.5) is 5.69 Å². The molecule has 0 aliphatic heterocycles. The maximum absolute atomic E-state index is 12.1. The van der Waals surface area contributed by atoms with Gasteiger partial charge in [-0.25, -0.2) is 10.4 Å². The van der Waals surface area contributed by atoms with Gasteiger partial charge in [0, 0.05) is 37.5 Å². The Balaban J connectivity index is 1.56. The van der Waals surface area contributed by atoms with Crippen molar-refractivity contribution in [3.63, 3.8) is 0 Å². The molecule has 1 aromatic heterocycles. The van der Waals surface area contributed by atoms with E-state index in [0.29, 0.717) is 5.56 Å². The van der Waals surface area contributed by atoms with Crippen LogP contribution in [0.5, 0.6) is 5.75 Å². The average Bonchev–Trinajstić information content (AvgIpc) is 3.05. The lowest BCUT2D eigenvalue weighted by Crippen LogP contribution is -2.21. The zero-order valence-electron chi connectivity index (χ0n) is 16.8. The van der Waals surface area contributed by atoms with E-state index in [2.05, 4.69) is 34.3 Å². The Bertz CT molecular complexity index is 1030. The first-order valence-electron chi connectivity index (χ1n) is 9.47. The van der Waals surface area contributed by atoms with E-state index in [0.717, 1.165) is 35.0 Å². The molecule has 2 aromatic carbocycles. The lowest BCUT2D eigenvalue weighted by Gasteiger charge is -2.21. The number of phenols is 1. The van der Waals surface area contributed by atoms with Gasteiger partial charge in [0.25, 0.3) is 5.91 Å². The Morgan fingerprint density at radius 2 is 2.03 bits per heavy atom. The standard InChI is InChI=1S/C21H25N5O2S/c1-4-26(5-2)16-11-10-15(19(27)12-16)13-22-24-20(28)14-29-21-23-17-8-6-7-9-18(17)25(21)3/h6-13,27H,4-5,14H2,1-3H3,(H,24,28)/b22-13-. The van der Waals surface area contributed by atoms with Gasteiger partial charge in [0.2, 0.25) is 0 Å². The summed E-state index contributed by atoms with van der Waals surface area (Å²) in [7, 11) is 1.93. The Kier molecular flexibility index (Phi) is 6.77. The number of carbonyl (C=O) groups excluding carboxylic acids is 1. The van der Waals surface area contributed by atoms with Gasteiger partial charge in [-0.15, -0.1) is 0 Å². The molecular formula is C21H25N5O2S. The molecule has 0 aliphatic carbocycles. The summed E-state index contributed by atoms with van der Waals surface area (Å²) >= 11 is 1.35. The number of aromatic hydroxyl groups is 1. The number of fused-ring (bicyclic) bond motifs is 1. The predicted molar refractivity (Wildman–Crippen MR) is 119 cm³/mol. The first-order chi connectivity index (χ1) is 14.0. The quantitative estimate of drug-likeness (QED) is 0.337. The van der Waals surface area contributed by atoms with Gasteiger partial charge in [-0.2, -0.15) is 5.10 Å². The molecule has 29 heavy (non-hydrogen) atoms. The fourth-order valence-electron chi connectivity index (χ4n) is 3.02. The third-order valence-electron chi connectivity index (χ3n) is 4.61. The summed E-state index contributed by atoms with van der Waals surface area (Å²) in [6, 6.07) is 13.3. The summed E-state index contributed by atoms with van der Waals surface area (Å²) in [5.41, 5.74) is 5.92. The first kappa shape index (κ1) is 20.7. The monoisotopic (exact) mass is 411 g/mol. The lowest BCUT2D eigenvalue weighted by molar-refractivity contribution is -0.118. The van der Waals surface area contributed by atoms with E-state index in [-0.39, 0.29) is 17.4 Å². The van der Waals surface area contributed by atoms with Gasteiger partial charge in [0.15, 0.2) is 5.16 Å². The number of nitrogens with zero attached hydrogens (tertiary/aromatic N) is 4. The van der Waals surface area contributed by atoms with Crippen LogP contribution in [0.25, 0.3) is 11.0 Å². The van der Waals surface area contributed by atoms with E-state index in [1.807, 2.05) is 41.9 Å². The molecular weight excluding hydrogens is 386 g/mol. The topological polar surface area (TPSA) is 82.8 Å². The van der Waals surface area contributed by atoms with Crippen LogP contribution in [0.1, 0.15) is 19.4 Å². The Labute approximate surface area is 174 Å². The van der Waals surface area contributed by atoms with Crippen LogP contribution in [0, 0.1) is 0 Å². The van der Waals surface area contributed by atoms with E-state index >= 15 is 0 Å². The number of anilines is 1. The molecule has 0 saturated carbocycles. The number of amides is 1. The summed E-state index contributed by atoms with van der Waals surface area (Å²) in [4.78, 5) is 18.8. The summed E-state index contributed by atoms with van der Waals surface area (Å²) in [5, 5.41) is 14.9. The van der Waals surface area contributed by atoms with Gasteiger partial charge in [0.1, 0.15) is 5.75 Å². The minimum atomic E-state index is -0.238. The van der Waals surface area contributed by atoms with Crippen molar-refractivity contribution in [2.24, 2.45) is 12.1 Å². The highest BCUT2D eigenvalue weighted by atomic mass is 32.2. The molecule has 7 nitrogen and oxygen atoms in total. The van der Waals surface area contributed by atoms with Crippen molar-refractivity contribution in [1.82, 2.24) is 15.0 Å². The molecule has 152 valence electrons. The van der Waals surface area contributed by atoms with Crippen molar-refractivity contribution in [3.05, 3.63) is 48.0 Å². The van der Waals surface area contributed by atoms with Gasteiger partial charge in [-0.3, -0.25) is 4.79 Å². The molecule has 3 rings (SSSR count). The number of imidazole rings is 1. The number of aryl methyl sites for hydroxylation is 1. The highest BCUT2D eigenvalue weighted by Gasteiger charge is 2.10. The van der Waals surface area contributed by atoms with Crippen LogP contribution in [-0.4, -0.2) is 45.6 Å². The summed E-state index contributed by atoms with van der Waals surface area (Å²) < 4.78 is 1.96. The molecule has 0 fully saturated rings. The summed E-state index contributed by atoms with van der Waals surface area (Å²) in [5.74, 6) is 0.0838. The van der Waals surface area contributed by atoms with Crippen LogP contribution in [0.3, 0.4) is 0 Å². The molecule has 3 aromatic rings. The predicted octanol–water partition coefficient (Wildman–Crippen LogP) is 3.37. The second-order valence-electron chi connectivity index (χ2n) is 6.44. The number of rotatable bonds is 8. The number of hydrogen-bond donors (Lipinski definition) is 2. The van der Waals surface area contributed by atoms with E-state index < -0.39 is 0 Å². The van der Waals surface area contributed by atoms with Crippen LogP contribution < -0.4 is 10.3 Å². The minimum absolute atomic E-state index is 0.126. The van der Waals surface area contributed by atoms with Crippen molar-refractivity contribution in [2.75, 3.05) is 23.7 Å². The number of thioether (sulfide) groups is 1. The number of aromatic nitrogens is 2. The second kappa shape index (κ2) is 9.47. The molecule has 0 aliphatic rings. The fraction of sp³-hybridized carbons (Fsp3) is 0.286. The zero-order valence-corrected chi connectivity index (χ0v) is 17.6. The molecule has 0 saturated heterocycles. The largest absolute Gasteiger partial charge is 0.507 e. The number of para-hydroxylation sites is 2. The minimum Gasteiger partial charge on any atom is -0.507 e. The highest BCUT2D eigenvalue weighted by Crippen LogP contribution is 2.24. The average molecular weight is 412 g/mol. The summed E-state index contributed by atoms with van der Waals surface area (Å²) in [6.45, 7) is 5.86. The Morgan fingerprint density at radius 1 is 1.28 bits per heavy atom. The lowest BCUT2D eigenvalue weighted by atomic mass is 10.2.